The summed E-state index contributed by atoms with van der Waals surface area (Å²) in [6, 6.07) is 30.1. The number of ether oxygens (including phenoxy) is 1. The molecular formula is C29H21NO4. The number of anilines is 1. The van der Waals surface area contributed by atoms with Crippen LogP contribution < -0.4 is 4.90 Å². The van der Waals surface area contributed by atoms with E-state index in [0.717, 1.165) is 22.5 Å². The highest BCUT2D eigenvalue weighted by molar-refractivity contribution is 6.23. The Morgan fingerprint density at radius 2 is 1.50 bits per heavy atom. The lowest BCUT2D eigenvalue weighted by molar-refractivity contribution is -0.113. The highest BCUT2D eigenvalue weighted by Crippen LogP contribution is 2.35. The predicted octanol–water partition coefficient (Wildman–Crippen LogP) is 6.20. The van der Waals surface area contributed by atoms with E-state index in [1.165, 1.54) is 7.11 Å². The first kappa shape index (κ1) is 21.2. The standard InChI is InChI=1S/C29H21NO4/c1-33-29(32)22-14-12-21(13-15-22)27-17-16-25(34-27)18-23-19-26(20-8-4-2-5-9-20)30(28(23)31)24-10-6-3-7-11-24/h2-19H,1H3/b23-18+. The number of carbonyl (C=O) groups excluding carboxylic acids is 2. The Hall–Kier alpha value is -4.64. The number of esters is 1. The number of hydrogen-bond donors (Lipinski definition) is 0. The fourth-order valence-electron chi connectivity index (χ4n) is 3.90. The summed E-state index contributed by atoms with van der Waals surface area (Å²) in [6.07, 6.45) is 3.64. The summed E-state index contributed by atoms with van der Waals surface area (Å²) in [5.41, 5.74) is 4.39. The number of carbonyl (C=O) groups is 2. The minimum absolute atomic E-state index is 0.120. The second-order valence-electron chi connectivity index (χ2n) is 7.74. The molecule has 1 aromatic heterocycles. The minimum atomic E-state index is -0.389. The van der Waals surface area contributed by atoms with Gasteiger partial charge in [0.15, 0.2) is 0 Å². The van der Waals surface area contributed by atoms with E-state index < -0.39 is 0 Å². The fourth-order valence-corrected chi connectivity index (χ4v) is 3.90. The zero-order valence-electron chi connectivity index (χ0n) is 18.5. The first-order chi connectivity index (χ1) is 16.6. The molecule has 34 heavy (non-hydrogen) atoms. The van der Waals surface area contributed by atoms with E-state index in [1.807, 2.05) is 78.9 Å². The van der Waals surface area contributed by atoms with Gasteiger partial charge in [-0.15, -0.1) is 0 Å². The maximum absolute atomic E-state index is 13.4. The Morgan fingerprint density at radius 1 is 0.824 bits per heavy atom. The van der Waals surface area contributed by atoms with Crippen molar-refractivity contribution in [2.75, 3.05) is 12.0 Å². The fraction of sp³-hybridized carbons (Fsp3) is 0.0345. The zero-order valence-corrected chi connectivity index (χ0v) is 18.5. The molecule has 166 valence electrons. The Kier molecular flexibility index (Phi) is 5.67. The van der Waals surface area contributed by atoms with Crippen molar-refractivity contribution in [3.05, 3.63) is 126 Å². The second-order valence-corrected chi connectivity index (χ2v) is 7.74. The van der Waals surface area contributed by atoms with E-state index in [1.54, 1.807) is 35.2 Å². The number of methoxy groups -OCH3 is 1. The molecule has 1 amide bonds. The molecule has 0 saturated heterocycles. The first-order valence-electron chi connectivity index (χ1n) is 10.8. The Morgan fingerprint density at radius 3 is 2.18 bits per heavy atom. The molecule has 0 N–H and O–H groups in total. The van der Waals surface area contributed by atoms with Crippen LogP contribution in [0.3, 0.4) is 0 Å². The number of rotatable bonds is 5. The molecule has 0 radical (unpaired) electrons. The van der Waals surface area contributed by atoms with Crippen molar-refractivity contribution in [2.24, 2.45) is 0 Å². The number of nitrogens with zero attached hydrogens (tertiary/aromatic N) is 1. The monoisotopic (exact) mass is 447 g/mol. The van der Waals surface area contributed by atoms with Gasteiger partial charge in [-0.3, -0.25) is 9.69 Å². The lowest BCUT2D eigenvalue weighted by Gasteiger charge is -2.20. The third-order valence-corrected chi connectivity index (χ3v) is 5.58. The Balaban J connectivity index is 1.48. The summed E-state index contributed by atoms with van der Waals surface area (Å²) < 4.78 is 10.7. The van der Waals surface area contributed by atoms with Crippen LogP contribution in [-0.4, -0.2) is 19.0 Å². The molecular weight excluding hydrogens is 426 g/mol. The van der Waals surface area contributed by atoms with Gasteiger partial charge < -0.3 is 9.15 Å². The molecule has 5 nitrogen and oxygen atoms in total. The Bertz CT molecular complexity index is 1400. The van der Waals surface area contributed by atoms with E-state index >= 15 is 0 Å². The van der Waals surface area contributed by atoms with Gasteiger partial charge in [0.2, 0.25) is 0 Å². The maximum atomic E-state index is 13.4. The van der Waals surface area contributed by atoms with Crippen molar-refractivity contribution in [1.82, 2.24) is 0 Å². The number of hydrogen-bond acceptors (Lipinski definition) is 4. The van der Waals surface area contributed by atoms with Gasteiger partial charge in [-0.25, -0.2) is 4.79 Å². The summed E-state index contributed by atoms with van der Waals surface area (Å²) in [6.45, 7) is 0. The van der Waals surface area contributed by atoms with E-state index in [-0.39, 0.29) is 11.9 Å². The summed E-state index contributed by atoms with van der Waals surface area (Å²) in [5, 5.41) is 0. The summed E-state index contributed by atoms with van der Waals surface area (Å²) in [7, 11) is 1.35. The summed E-state index contributed by atoms with van der Waals surface area (Å²) in [5.74, 6) is 0.695. The lowest BCUT2D eigenvalue weighted by Crippen LogP contribution is -2.24. The van der Waals surface area contributed by atoms with E-state index in [0.29, 0.717) is 22.7 Å². The van der Waals surface area contributed by atoms with E-state index in [2.05, 4.69) is 0 Å². The molecule has 1 aliphatic rings. The smallest absolute Gasteiger partial charge is 0.337 e. The zero-order chi connectivity index (χ0) is 23.5. The van der Waals surface area contributed by atoms with Gasteiger partial charge in [0.25, 0.3) is 5.91 Å². The van der Waals surface area contributed by atoms with Gasteiger partial charge in [-0.05, 0) is 54.1 Å². The highest BCUT2D eigenvalue weighted by atomic mass is 16.5. The predicted molar refractivity (Wildman–Crippen MR) is 132 cm³/mol. The third-order valence-electron chi connectivity index (χ3n) is 5.58. The second kappa shape index (κ2) is 9.08. The molecule has 0 aliphatic carbocycles. The molecule has 0 unspecified atom stereocenters. The van der Waals surface area contributed by atoms with Gasteiger partial charge >= 0.3 is 5.97 Å². The molecule has 5 rings (SSSR count). The average Bonchev–Trinajstić information content (AvgIpc) is 3.49. The van der Waals surface area contributed by atoms with Gasteiger partial charge in [0.05, 0.1) is 18.4 Å². The topological polar surface area (TPSA) is 59.8 Å². The van der Waals surface area contributed by atoms with Crippen LogP contribution >= 0.6 is 0 Å². The molecule has 4 aromatic rings. The molecule has 0 saturated carbocycles. The van der Waals surface area contributed by atoms with Crippen molar-refractivity contribution >= 4 is 29.3 Å². The SMILES string of the molecule is COC(=O)c1ccc(-c2ccc(/C=C3\C=C(c4ccccc4)N(c4ccccc4)C3=O)o2)cc1. The van der Waals surface area contributed by atoms with Crippen molar-refractivity contribution in [2.45, 2.75) is 0 Å². The maximum Gasteiger partial charge on any atom is 0.337 e. The Labute approximate surface area is 197 Å². The molecule has 2 heterocycles. The molecule has 5 heteroatoms. The van der Waals surface area contributed by atoms with Crippen molar-refractivity contribution in [3.63, 3.8) is 0 Å². The summed E-state index contributed by atoms with van der Waals surface area (Å²) >= 11 is 0. The van der Waals surface area contributed by atoms with Crippen LogP contribution in [0, 0.1) is 0 Å². The molecule has 0 fully saturated rings. The van der Waals surface area contributed by atoms with Crippen LogP contribution in [0.15, 0.2) is 113 Å². The van der Waals surface area contributed by atoms with Crippen LogP contribution in [-0.2, 0) is 9.53 Å². The first-order valence-corrected chi connectivity index (χ1v) is 10.8. The van der Waals surface area contributed by atoms with Gasteiger partial charge in [-0.1, -0.05) is 60.7 Å². The minimum Gasteiger partial charge on any atom is -0.465 e. The van der Waals surface area contributed by atoms with Crippen LogP contribution in [0.2, 0.25) is 0 Å². The van der Waals surface area contributed by atoms with Gasteiger partial charge in [-0.2, -0.15) is 0 Å². The number of amides is 1. The van der Waals surface area contributed by atoms with Crippen LogP contribution in [0.4, 0.5) is 5.69 Å². The van der Waals surface area contributed by atoms with Gasteiger partial charge in [0, 0.05) is 16.8 Å². The van der Waals surface area contributed by atoms with Crippen LogP contribution in [0.5, 0.6) is 0 Å². The largest absolute Gasteiger partial charge is 0.465 e. The lowest BCUT2D eigenvalue weighted by atomic mass is 10.1. The number of benzene rings is 3. The number of furan rings is 1. The quantitative estimate of drug-likeness (QED) is 0.270. The third kappa shape index (κ3) is 4.07. The molecule has 0 bridgehead atoms. The normalized spacial score (nSPS) is 14.4. The number of para-hydroxylation sites is 1. The van der Waals surface area contributed by atoms with E-state index in [4.69, 9.17) is 9.15 Å². The van der Waals surface area contributed by atoms with Crippen LogP contribution in [0.1, 0.15) is 21.7 Å². The van der Waals surface area contributed by atoms with Crippen molar-refractivity contribution < 1.29 is 18.7 Å². The molecule has 0 spiro atoms. The van der Waals surface area contributed by atoms with E-state index in [9.17, 15) is 9.59 Å². The summed E-state index contributed by atoms with van der Waals surface area (Å²) in [4.78, 5) is 26.8. The molecule has 0 atom stereocenters. The molecule has 1 aliphatic heterocycles. The van der Waals surface area contributed by atoms with Crippen molar-refractivity contribution in [3.8, 4) is 11.3 Å². The highest BCUT2D eigenvalue weighted by Gasteiger charge is 2.30. The van der Waals surface area contributed by atoms with Crippen molar-refractivity contribution in [1.29, 1.82) is 0 Å². The average molecular weight is 447 g/mol. The molecule has 3 aromatic carbocycles. The van der Waals surface area contributed by atoms with Crippen LogP contribution in [0.25, 0.3) is 23.1 Å². The van der Waals surface area contributed by atoms with Gasteiger partial charge in [0.1, 0.15) is 11.5 Å².